The minimum absolute atomic E-state index is 0.188. The summed E-state index contributed by atoms with van der Waals surface area (Å²) in [6.45, 7) is 0. The van der Waals surface area contributed by atoms with Crippen LogP contribution < -0.4 is 9.62 Å². The van der Waals surface area contributed by atoms with Gasteiger partial charge >= 0.3 is 0 Å². The third kappa shape index (κ3) is 3.05. The van der Waals surface area contributed by atoms with Gasteiger partial charge in [0.15, 0.2) is 0 Å². The molecule has 1 N–H and O–H groups in total. The molecule has 3 aromatic rings. The monoisotopic (exact) mass is 344 g/mol. The number of hydrogen-bond acceptors (Lipinski definition) is 3. The van der Waals surface area contributed by atoms with Gasteiger partial charge in [-0.2, -0.15) is 0 Å². The first kappa shape index (κ1) is 16.3. The number of hydrogen-bond donors (Lipinski definition) is 1. The van der Waals surface area contributed by atoms with E-state index in [9.17, 15) is 12.8 Å². The molecule has 3 rings (SSSR count). The molecule has 0 amide bonds. The lowest BCUT2D eigenvalue weighted by atomic mass is 10.1. The van der Waals surface area contributed by atoms with Crippen LogP contribution in [-0.4, -0.2) is 22.5 Å². The fourth-order valence-electron chi connectivity index (χ4n) is 2.62. The molecule has 0 fully saturated rings. The van der Waals surface area contributed by atoms with E-state index in [0.29, 0.717) is 11.1 Å². The van der Waals surface area contributed by atoms with E-state index in [4.69, 9.17) is 0 Å². The molecule has 0 aliphatic heterocycles. The molecule has 0 aromatic heterocycles. The molecule has 0 aliphatic rings. The van der Waals surface area contributed by atoms with Crippen molar-refractivity contribution in [2.24, 2.45) is 0 Å². The Morgan fingerprint density at radius 3 is 2.17 bits per heavy atom. The van der Waals surface area contributed by atoms with Crippen molar-refractivity contribution in [1.29, 1.82) is 0 Å². The van der Waals surface area contributed by atoms with E-state index in [-0.39, 0.29) is 4.90 Å². The number of halogens is 1. The van der Waals surface area contributed by atoms with Gasteiger partial charge in [-0.05, 0) is 36.4 Å². The minimum atomic E-state index is -3.79. The summed E-state index contributed by atoms with van der Waals surface area (Å²) in [5.41, 5.74) is 1.25. The maximum Gasteiger partial charge on any atom is 0.262 e. The molecule has 0 unspecified atom stereocenters. The maximum absolute atomic E-state index is 13.0. The summed E-state index contributed by atoms with van der Waals surface area (Å²) in [6, 6.07) is 15.9. The highest BCUT2D eigenvalue weighted by Crippen LogP contribution is 2.31. The SMILES string of the molecule is CN(C)c1cccc2c(S(=O)(=O)Nc3ccc(F)cc3)cccc12. The first-order valence-corrected chi connectivity index (χ1v) is 8.84. The van der Waals surface area contributed by atoms with Crippen molar-refractivity contribution in [2.45, 2.75) is 4.90 Å². The van der Waals surface area contributed by atoms with Crippen molar-refractivity contribution in [3.05, 3.63) is 66.5 Å². The third-order valence-electron chi connectivity index (χ3n) is 3.73. The Bertz CT molecular complexity index is 984. The van der Waals surface area contributed by atoms with Crippen LogP contribution in [-0.2, 0) is 10.0 Å². The van der Waals surface area contributed by atoms with Crippen LogP contribution in [0.3, 0.4) is 0 Å². The Morgan fingerprint density at radius 2 is 1.50 bits per heavy atom. The zero-order valence-corrected chi connectivity index (χ0v) is 14.1. The van der Waals surface area contributed by atoms with E-state index in [0.717, 1.165) is 11.1 Å². The number of nitrogens with one attached hydrogen (secondary N) is 1. The largest absolute Gasteiger partial charge is 0.377 e. The van der Waals surface area contributed by atoms with E-state index in [1.165, 1.54) is 24.3 Å². The summed E-state index contributed by atoms with van der Waals surface area (Å²) >= 11 is 0. The normalized spacial score (nSPS) is 11.5. The van der Waals surface area contributed by atoms with Gasteiger partial charge in [0.1, 0.15) is 5.82 Å². The molecule has 4 nitrogen and oxygen atoms in total. The highest BCUT2D eigenvalue weighted by Gasteiger charge is 2.18. The average molecular weight is 344 g/mol. The summed E-state index contributed by atoms with van der Waals surface area (Å²) in [7, 11) is 0.0327. The van der Waals surface area contributed by atoms with E-state index in [2.05, 4.69) is 4.72 Å². The van der Waals surface area contributed by atoms with Crippen molar-refractivity contribution >= 4 is 32.2 Å². The summed E-state index contributed by atoms with van der Waals surface area (Å²) < 4.78 is 41.0. The summed E-state index contributed by atoms with van der Waals surface area (Å²) in [4.78, 5) is 2.12. The standard InChI is InChI=1S/C18H17FN2O2S/c1-21(2)17-7-3-6-16-15(17)5-4-8-18(16)24(22,23)20-14-11-9-13(19)10-12-14/h3-12,20H,1-2H3. The first-order chi connectivity index (χ1) is 11.4. The van der Waals surface area contributed by atoms with E-state index in [1.807, 2.05) is 37.2 Å². The number of benzene rings is 3. The highest BCUT2D eigenvalue weighted by atomic mass is 32.2. The van der Waals surface area contributed by atoms with Crippen molar-refractivity contribution in [1.82, 2.24) is 0 Å². The fourth-order valence-corrected chi connectivity index (χ4v) is 3.90. The zero-order valence-electron chi connectivity index (χ0n) is 13.3. The molecule has 0 saturated carbocycles. The summed E-state index contributed by atoms with van der Waals surface area (Å²) in [6.07, 6.45) is 0. The van der Waals surface area contributed by atoms with Gasteiger partial charge in [-0.25, -0.2) is 12.8 Å². The fraction of sp³-hybridized carbons (Fsp3) is 0.111. The number of fused-ring (bicyclic) bond motifs is 1. The quantitative estimate of drug-likeness (QED) is 0.782. The van der Waals surface area contributed by atoms with Crippen molar-refractivity contribution in [3.8, 4) is 0 Å². The lowest BCUT2D eigenvalue weighted by molar-refractivity contribution is 0.602. The van der Waals surface area contributed by atoms with Gasteiger partial charge in [0.25, 0.3) is 10.0 Å². The molecular weight excluding hydrogens is 327 g/mol. The number of rotatable bonds is 4. The van der Waals surface area contributed by atoms with Gasteiger partial charge in [-0.15, -0.1) is 0 Å². The Hall–Kier alpha value is -2.60. The van der Waals surface area contributed by atoms with Crippen molar-refractivity contribution in [2.75, 3.05) is 23.7 Å². The van der Waals surface area contributed by atoms with Crippen LogP contribution in [0.4, 0.5) is 15.8 Å². The van der Waals surface area contributed by atoms with Crippen LogP contribution in [0.25, 0.3) is 10.8 Å². The predicted octanol–water partition coefficient (Wildman–Crippen LogP) is 3.85. The van der Waals surface area contributed by atoms with Gasteiger partial charge in [-0.3, -0.25) is 4.72 Å². The van der Waals surface area contributed by atoms with Gasteiger partial charge < -0.3 is 4.90 Å². The van der Waals surface area contributed by atoms with Crippen molar-refractivity contribution in [3.63, 3.8) is 0 Å². The second-order valence-electron chi connectivity index (χ2n) is 5.64. The van der Waals surface area contributed by atoms with Crippen molar-refractivity contribution < 1.29 is 12.8 Å². The lowest BCUT2D eigenvalue weighted by Crippen LogP contribution is -2.14. The molecule has 6 heteroatoms. The number of nitrogens with zero attached hydrogens (tertiary/aromatic N) is 1. The van der Waals surface area contributed by atoms with Crippen LogP contribution in [0.1, 0.15) is 0 Å². The van der Waals surface area contributed by atoms with Crippen LogP contribution >= 0.6 is 0 Å². The van der Waals surface area contributed by atoms with Gasteiger partial charge in [-0.1, -0.05) is 24.3 Å². The Morgan fingerprint density at radius 1 is 0.875 bits per heavy atom. The molecule has 124 valence electrons. The Kier molecular flexibility index (Phi) is 4.15. The van der Waals surface area contributed by atoms with Gasteiger partial charge in [0.2, 0.25) is 0 Å². The van der Waals surface area contributed by atoms with Crippen LogP contribution in [0.2, 0.25) is 0 Å². The topological polar surface area (TPSA) is 49.4 Å². The van der Waals surface area contributed by atoms with E-state index < -0.39 is 15.8 Å². The van der Waals surface area contributed by atoms with Crippen LogP contribution in [0.5, 0.6) is 0 Å². The second kappa shape index (κ2) is 6.13. The minimum Gasteiger partial charge on any atom is -0.377 e. The maximum atomic E-state index is 13.0. The van der Waals surface area contributed by atoms with E-state index >= 15 is 0 Å². The molecule has 0 atom stereocenters. The molecule has 0 bridgehead atoms. The van der Waals surface area contributed by atoms with Gasteiger partial charge in [0.05, 0.1) is 4.90 Å². The van der Waals surface area contributed by atoms with Gasteiger partial charge in [0, 0.05) is 36.2 Å². The predicted molar refractivity (Wildman–Crippen MR) is 95.5 cm³/mol. The van der Waals surface area contributed by atoms with Crippen LogP contribution in [0.15, 0.2) is 65.6 Å². The first-order valence-electron chi connectivity index (χ1n) is 7.36. The molecular formula is C18H17FN2O2S. The smallest absolute Gasteiger partial charge is 0.262 e. The third-order valence-corrected chi connectivity index (χ3v) is 5.17. The Balaban J connectivity index is 2.11. The van der Waals surface area contributed by atoms with Crippen LogP contribution in [0, 0.1) is 5.82 Å². The Labute approximate surface area is 140 Å². The molecule has 0 saturated heterocycles. The number of anilines is 2. The highest BCUT2D eigenvalue weighted by molar-refractivity contribution is 7.93. The molecule has 0 aliphatic carbocycles. The molecule has 0 heterocycles. The zero-order chi connectivity index (χ0) is 17.3. The molecule has 0 radical (unpaired) electrons. The number of sulfonamides is 1. The molecule has 0 spiro atoms. The molecule has 24 heavy (non-hydrogen) atoms. The van der Waals surface area contributed by atoms with E-state index in [1.54, 1.807) is 18.2 Å². The lowest BCUT2D eigenvalue weighted by Gasteiger charge is -2.17. The summed E-state index contributed by atoms with van der Waals surface area (Å²) in [5, 5.41) is 1.49. The molecule has 3 aromatic carbocycles. The second-order valence-corrected chi connectivity index (χ2v) is 7.29. The summed E-state index contributed by atoms with van der Waals surface area (Å²) in [5.74, 6) is -0.418. The average Bonchev–Trinajstić information content (AvgIpc) is 2.55.